The van der Waals surface area contributed by atoms with Crippen molar-refractivity contribution in [1.82, 2.24) is 10.2 Å². The van der Waals surface area contributed by atoms with E-state index in [1.165, 1.54) is 25.8 Å². The van der Waals surface area contributed by atoms with Crippen molar-refractivity contribution in [3.63, 3.8) is 0 Å². The second-order valence-electron chi connectivity index (χ2n) is 5.44. The monoisotopic (exact) mass is 212 g/mol. The highest BCUT2D eigenvalue weighted by atomic mass is 16.5. The van der Waals surface area contributed by atoms with Crippen LogP contribution in [0.2, 0.25) is 0 Å². The van der Waals surface area contributed by atoms with Gasteiger partial charge in [-0.15, -0.1) is 0 Å². The fraction of sp³-hybridized carbons (Fsp3) is 1.00. The van der Waals surface area contributed by atoms with E-state index in [0.29, 0.717) is 17.7 Å². The van der Waals surface area contributed by atoms with Crippen molar-refractivity contribution in [2.45, 2.75) is 50.8 Å². The molecule has 0 aromatic rings. The quantitative estimate of drug-likeness (QED) is 0.762. The molecule has 0 aliphatic carbocycles. The van der Waals surface area contributed by atoms with E-state index in [1.807, 2.05) is 0 Å². The summed E-state index contributed by atoms with van der Waals surface area (Å²) < 4.78 is 5.62. The molecule has 0 spiro atoms. The van der Waals surface area contributed by atoms with Gasteiger partial charge in [-0.2, -0.15) is 0 Å². The molecule has 88 valence electrons. The highest BCUT2D eigenvalue weighted by molar-refractivity contribution is 4.93. The third-order valence-corrected chi connectivity index (χ3v) is 3.96. The van der Waals surface area contributed by atoms with Gasteiger partial charge in [0.25, 0.3) is 0 Å². The van der Waals surface area contributed by atoms with E-state index in [9.17, 15) is 0 Å². The number of rotatable bonds is 3. The molecule has 2 aliphatic heterocycles. The highest BCUT2D eigenvalue weighted by Gasteiger charge is 2.34. The molecule has 0 radical (unpaired) electrons. The molecule has 0 saturated carbocycles. The van der Waals surface area contributed by atoms with Crippen LogP contribution in [0.25, 0.3) is 0 Å². The van der Waals surface area contributed by atoms with Crippen molar-refractivity contribution in [3.05, 3.63) is 0 Å². The second kappa shape index (κ2) is 4.40. The summed E-state index contributed by atoms with van der Waals surface area (Å²) in [5, 5.41) is 3.62. The molecule has 2 rings (SSSR count). The third-order valence-electron chi connectivity index (χ3n) is 3.96. The Hall–Kier alpha value is -0.120. The van der Waals surface area contributed by atoms with Gasteiger partial charge >= 0.3 is 0 Å². The average Bonchev–Trinajstić information content (AvgIpc) is 2.74. The molecule has 15 heavy (non-hydrogen) atoms. The number of nitrogens with zero attached hydrogens (tertiary/aromatic N) is 1. The van der Waals surface area contributed by atoms with Gasteiger partial charge < -0.3 is 10.1 Å². The van der Waals surface area contributed by atoms with Crippen molar-refractivity contribution < 1.29 is 4.74 Å². The Morgan fingerprint density at radius 3 is 2.87 bits per heavy atom. The third kappa shape index (κ3) is 2.52. The molecule has 3 atom stereocenters. The lowest BCUT2D eigenvalue weighted by atomic mass is 9.98. The summed E-state index contributed by atoms with van der Waals surface area (Å²) in [4.78, 5) is 2.48. The SMILES string of the molecule is CC1OCCC1N(C)CC1(C)CCCN1. The molecule has 1 N–H and O–H groups in total. The molecular weight excluding hydrogens is 188 g/mol. The lowest BCUT2D eigenvalue weighted by molar-refractivity contribution is 0.0748. The molecule has 2 aliphatic rings. The summed E-state index contributed by atoms with van der Waals surface area (Å²) in [6.07, 6.45) is 4.22. The summed E-state index contributed by atoms with van der Waals surface area (Å²) in [7, 11) is 2.24. The Morgan fingerprint density at radius 2 is 2.33 bits per heavy atom. The van der Waals surface area contributed by atoms with Crippen LogP contribution < -0.4 is 5.32 Å². The topological polar surface area (TPSA) is 24.5 Å². The maximum Gasteiger partial charge on any atom is 0.0702 e. The van der Waals surface area contributed by atoms with Crippen LogP contribution in [0.15, 0.2) is 0 Å². The molecule has 3 nitrogen and oxygen atoms in total. The Balaban J connectivity index is 1.88. The lowest BCUT2D eigenvalue weighted by Gasteiger charge is -2.34. The first kappa shape index (κ1) is 11.4. The van der Waals surface area contributed by atoms with Gasteiger partial charge in [-0.1, -0.05) is 0 Å². The summed E-state index contributed by atoms with van der Waals surface area (Å²) in [6.45, 7) is 7.79. The maximum absolute atomic E-state index is 5.62. The lowest BCUT2D eigenvalue weighted by Crippen LogP contribution is -2.50. The van der Waals surface area contributed by atoms with E-state index in [4.69, 9.17) is 4.74 Å². The minimum atomic E-state index is 0.330. The predicted molar refractivity (Wildman–Crippen MR) is 62.1 cm³/mol. The van der Waals surface area contributed by atoms with Gasteiger partial charge in [0.05, 0.1) is 6.10 Å². The number of ether oxygens (including phenoxy) is 1. The van der Waals surface area contributed by atoms with Crippen molar-refractivity contribution >= 4 is 0 Å². The molecule has 0 bridgehead atoms. The Morgan fingerprint density at radius 1 is 1.53 bits per heavy atom. The molecule has 2 heterocycles. The minimum absolute atomic E-state index is 0.330. The van der Waals surface area contributed by atoms with Crippen LogP contribution in [-0.2, 0) is 4.74 Å². The molecule has 2 saturated heterocycles. The smallest absolute Gasteiger partial charge is 0.0702 e. The summed E-state index contributed by atoms with van der Waals surface area (Å²) in [6, 6.07) is 0.615. The van der Waals surface area contributed by atoms with E-state index in [0.717, 1.165) is 13.2 Å². The van der Waals surface area contributed by atoms with Crippen LogP contribution in [0, 0.1) is 0 Å². The van der Waals surface area contributed by atoms with Crippen LogP contribution in [-0.4, -0.2) is 49.3 Å². The zero-order chi connectivity index (χ0) is 10.9. The first-order chi connectivity index (χ1) is 7.11. The average molecular weight is 212 g/mol. The van der Waals surface area contributed by atoms with Crippen molar-refractivity contribution in [2.75, 3.05) is 26.7 Å². The van der Waals surface area contributed by atoms with Crippen LogP contribution >= 0.6 is 0 Å². The van der Waals surface area contributed by atoms with Gasteiger partial charge in [0.1, 0.15) is 0 Å². The standard InChI is InChI=1S/C12H24N2O/c1-10-11(5-8-15-10)14(3)9-12(2)6-4-7-13-12/h10-11,13H,4-9H2,1-3H3. The first-order valence-electron chi connectivity index (χ1n) is 6.18. The number of likely N-dealkylation sites (N-methyl/N-ethyl adjacent to an activating group) is 1. The van der Waals surface area contributed by atoms with Crippen LogP contribution in [0.4, 0.5) is 0 Å². The van der Waals surface area contributed by atoms with Crippen molar-refractivity contribution in [3.8, 4) is 0 Å². The number of nitrogens with one attached hydrogen (secondary N) is 1. The predicted octanol–water partition coefficient (Wildman–Crippen LogP) is 1.24. The molecule has 0 aromatic heterocycles. The molecular formula is C12H24N2O. The molecule has 3 heteroatoms. The Labute approximate surface area is 93.2 Å². The van der Waals surface area contributed by atoms with E-state index >= 15 is 0 Å². The highest BCUT2D eigenvalue weighted by Crippen LogP contribution is 2.24. The van der Waals surface area contributed by atoms with Gasteiger partial charge in [0, 0.05) is 24.7 Å². The van der Waals surface area contributed by atoms with E-state index in [1.54, 1.807) is 0 Å². The molecule has 0 aromatic carbocycles. The van der Waals surface area contributed by atoms with Crippen LogP contribution in [0.3, 0.4) is 0 Å². The zero-order valence-electron chi connectivity index (χ0n) is 10.3. The van der Waals surface area contributed by atoms with Crippen LogP contribution in [0.1, 0.15) is 33.1 Å². The zero-order valence-corrected chi connectivity index (χ0v) is 10.3. The van der Waals surface area contributed by atoms with E-state index in [-0.39, 0.29) is 0 Å². The normalized spacial score (nSPS) is 41.6. The maximum atomic E-state index is 5.62. The fourth-order valence-corrected chi connectivity index (χ4v) is 3.06. The van der Waals surface area contributed by atoms with Crippen molar-refractivity contribution in [2.24, 2.45) is 0 Å². The van der Waals surface area contributed by atoms with Gasteiger partial charge in [-0.05, 0) is 46.7 Å². The van der Waals surface area contributed by atoms with Gasteiger partial charge in [-0.3, -0.25) is 4.90 Å². The summed E-state index contributed by atoms with van der Waals surface area (Å²) >= 11 is 0. The molecule has 0 amide bonds. The van der Waals surface area contributed by atoms with Gasteiger partial charge in [0.2, 0.25) is 0 Å². The summed E-state index contributed by atoms with van der Waals surface area (Å²) in [5.74, 6) is 0. The van der Waals surface area contributed by atoms with Crippen molar-refractivity contribution in [1.29, 1.82) is 0 Å². The van der Waals surface area contributed by atoms with E-state index in [2.05, 4.69) is 31.1 Å². The summed E-state index contributed by atoms with van der Waals surface area (Å²) in [5.41, 5.74) is 0.330. The van der Waals surface area contributed by atoms with E-state index < -0.39 is 0 Å². The molecule has 2 fully saturated rings. The second-order valence-corrected chi connectivity index (χ2v) is 5.44. The largest absolute Gasteiger partial charge is 0.377 e. The van der Waals surface area contributed by atoms with Gasteiger partial charge in [-0.25, -0.2) is 0 Å². The van der Waals surface area contributed by atoms with Crippen LogP contribution in [0.5, 0.6) is 0 Å². The first-order valence-corrected chi connectivity index (χ1v) is 6.18. The van der Waals surface area contributed by atoms with Gasteiger partial charge in [0.15, 0.2) is 0 Å². The Kier molecular flexibility index (Phi) is 3.33. The number of hydrogen-bond donors (Lipinski definition) is 1. The minimum Gasteiger partial charge on any atom is -0.377 e. The fourth-order valence-electron chi connectivity index (χ4n) is 3.06. The number of hydrogen-bond acceptors (Lipinski definition) is 3. The Bertz CT molecular complexity index is 214. The molecule has 3 unspecified atom stereocenters.